The van der Waals surface area contributed by atoms with E-state index in [9.17, 15) is 9.59 Å². The Morgan fingerprint density at radius 2 is 1.88 bits per heavy atom. The van der Waals surface area contributed by atoms with Gasteiger partial charge in [-0.3, -0.25) is 9.59 Å². The highest BCUT2D eigenvalue weighted by Gasteiger charge is 2.20. The molecule has 0 aromatic heterocycles. The number of aliphatic carboxylic acids is 1. The van der Waals surface area contributed by atoms with E-state index in [4.69, 9.17) is 5.11 Å². The summed E-state index contributed by atoms with van der Waals surface area (Å²) >= 11 is 0. The molecule has 17 heavy (non-hydrogen) atoms. The molecule has 1 atom stereocenters. The zero-order chi connectivity index (χ0) is 12.8. The van der Waals surface area contributed by atoms with Crippen molar-refractivity contribution in [2.75, 3.05) is 11.4 Å². The lowest BCUT2D eigenvalue weighted by atomic mass is 10.1. The minimum atomic E-state index is -0.894. The standard InChI is InChI=1S/C13H17NO3/c1-3-12(15)14(9-10(2)13(16)17)11-7-5-4-6-8-11/h4-8,10H,3,9H2,1-2H3,(H,16,17). The Morgan fingerprint density at radius 1 is 1.29 bits per heavy atom. The maximum Gasteiger partial charge on any atom is 0.308 e. The van der Waals surface area contributed by atoms with Crippen molar-refractivity contribution in [1.29, 1.82) is 0 Å². The molecule has 1 rings (SSSR count). The fourth-order valence-corrected chi connectivity index (χ4v) is 1.50. The summed E-state index contributed by atoms with van der Waals surface area (Å²) in [5.41, 5.74) is 0.743. The minimum absolute atomic E-state index is 0.0655. The first-order valence-electron chi connectivity index (χ1n) is 5.64. The third kappa shape index (κ3) is 3.59. The monoisotopic (exact) mass is 235 g/mol. The smallest absolute Gasteiger partial charge is 0.308 e. The van der Waals surface area contributed by atoms with Gasteiger partial charge >= 0.3 is 5.97 Å². The first-order valence-corrected chi connectivity index (χ1v) is 5.64. The van der Waals surface area contributed by atoms with E-state index in [0.717, 1.165) is 5.69 Å². The Labute approximate surface area is 101 Å². The first-order chi connectivity index (χ1) is 8.06. The van der Waals surface area contributed by atoms with Crippen LogP contribution in [0, 0.1) is 5.92 Å². The van der Waals surface area contributed by atoms with Crippen LogP contribution >= 0.6 is 0 Å². The van der Waals surface area contributed by atoms with Crippen molar-refractivity contribution in [2.45, 2.75) is 20.3 Å². The van der Waals surface area contributed by atoms with Gasteiger partial charge in [0.15, 0.2) is 0 Å². The predicted octanol–water partition coefficient (Wildman–Crippen LogP) is 2.15. The molecule has 0 saturated heterocycles. The van der Waals surface area contributed by atoms with Crippen molar-refractivity contribution in [1.82, 2.24) is 0 Å². The molecule has 1 N–H and O–H groups in total. The molecular weight excluding hydrogens is 218 g/mol. The summed E-state index contributed by atoms with van der Waals surface area (Å²) in [5, 5.41) is 8.89. The van der Waals surface area contributed by atoms with E-state index < -0.39 is 11.9 Å². The summed E-state index contributed by atoms with van der Waals surface area (Å²) in [5.74, 6) is -1.54. The lowest BCUT2D eigenvalue weighted by molar-refractivity contribution is -0.140. The molecule has 92 valence electrons. The van der Waals surface area contributed by atoms with Crippen molar-refractivity contribution < 1.29 is 14.7 Å². The van der Waals surface area contributed by atoms with E-state index in [2.05, 4.69) is 0 Å². The van der Waals surface area contributed by atoms with Crippen LogP contribution in [0.4, 0.5) is 5.69 Å². The summed E-state index contributed by atoms with van der Waals surface area (Å²) in [6, 6.07) is 9.14. The number of rotatable bonds is 5. The van der Waals surface area contributed by atoms with Crippen LogP contribution in [0.1, 0.15) is 20.3 Å². The molecule has 0 bridgehead atoms. The fourth-order valence-electron chi connectivity index (χ4n) is 1.50. The number of carbonyl (C=O) groups excluding carboxylic acids is 1. The molecule has 0 aliphatic rings. The van der Waals surface area contributed by atoms with Crippen LogP contribution in [0.25, 0.3) is 0 Å². The van der Waals surface area contributed by atoms with Crippen LogP contribution < -0.4 is 4.90 Å². The van der Waals surface area contributed by atoms with Gasteiger partial charge in [-0.1, -0.05) is 32.0 Å². The lowest BCUT2D eigenvalue weighted by Crippen LogP contribution is -2.36. The molecular formula is C13H17NO3. The largest absolute Gasteiger partial charge is 0.481 e. The SMILES string of the molecule is CCC(=O)N(CC(C)C(=O)O)c1ccccc1. The number of hydrogen-bond acceptors (Lipinski definition) is 2. The number of amides is 1. The molecule has 1 aromatic carbocycles. The van der Waals surface area contributed by atoms with Gasteiger partial charge < -0.3 is 10.0 Å². The van der Waals surface area contributed by atoms with Gasteiger partial charge in [-0.05, 0) is 12.1 Å². The van der Waals surface area contributed by atoms with Crippen molar-refractivity contribution in [2.24, 2.45) is 5.92 Å². The second-order valence-corrected chi connectivity index (χ2v) is 3.93. The number of carboxylic acids is 1. The number of para-hydroxylation sites is 1. The van der Waals surface area contributed by atoms with Gasteiger partial charge in [-0.15, -0.1) is 0 Å². The summed E-state index contributed by atoms with van der Waals surface area (Å²) in [6.45, 7) is 3.57. The van der Waals surface area contributed by atoms with E-state index in [1.54, 1.807) is 13.8 Å². The number of carboxylic acid groups (broad SMARTS) is 1. The zero-order valence-corrected chi connectivity index (χ0v) is 10.1. The first kappa shape index (κ1) is 13.2. The molecule has 1 unspecified atom stereocenters. The highest BCUT2D eigenvalue weighted by molar-refractivity contribution is 5.93. The normalized spacial score (nSPS) is 11.9. The van der Waals surface area contributed by atoms with Crippen LogP contribution in [-0.4, -0.2) is 23.5 Å². The van der Waals surface area contributed by atoms with Gasteiger partial charge in [0, 0.05) is 18.7 Å². The van der Waals surface area contributed by atoms with Gasteiger partial charge in [-0.25, -0.2) is 0 Å². The quantitative estimate of drug-likeness (QED) is 0.850. The Kier molecular flexibility index (Phi) is 4.69. The number of carbonyl (C=O) groups is 2. The molecule has 0 spiro atoms. The average Bonchev–Trinajstić information content (AvgIpc) is 2.35. The van der Waals surface area contributed by atoms with E-state index in [1.807, 2.05) is 30.3 Å². The van der Waals surface area contributed by atoms with Gasteiger partial charge in [0.1, 0.15) is 0 Å². The summed E-state index contributed by atoms with van der Waals surface area (Å²) < 4.78 is 0. The van der Waals surface area contributed by atoms with Crippen LogP contribution in [0.3, 0.4) is 0 Å². The lowest BCUT2D eigenvalue weighted by Gasteiger charge is -2.24. The number of nitrogens with zero attached hydrogens (tertiary/aromatic N) is 1. The van der Waals surface area contributed by atoms with Crippen LogP contribution in [0.2, 0.25) is 0 Å². The molecule has 1 aromatic rings. The van der Waals surface area contributed by atoms with Crippen molar-refractivity contribution in [3.05, 3.63) is 30.3 Å². The number of benzene rings is 1. The summed E-state index contributed by atoms with van der Waals surface area (Å²) in [4.78, 5) is 24.2. The van der Waals surface area contributed by atoms with E-state index in [0.29, 0.717) is 6.42 Å². The summed E-state index contributed by atoms with van der Waals surface area (Å²) in [7, 11) is 0. The van der Waals surface area contributed by atoms with E-state index in [1.165, 1.54) is 4.90 Å². The van der Waals surface area contributed by atoms with Gasteiger partial charge in [-0.2, -0.15) is 0 Å². The Morgan fingerprint density at radius 3 is 2.35 bits per heavy atom. The average molecular weight is 235 g/mol. The molecule has 0 radical (unpaired) electrons. The molecule has 4 nitrogen and oxygen atoms in total. The predicted molar refractivity (Wildman–Crippen MR) is 65.9 cm³/mol. The van der Waals surface area contributed by atoms with Crippen LogP contribution in [0.5, 0.6) is 0 Å². The maximum atomic E-state index is 11.8. The Hall–Kier alpha value is -1.84. The Bertz CT molecular complexity index is 389. The molecule has 0 heterocycles. The highest BCUT2D eigenvalue weighted by Crippen LogP contribution is 2.16. The summed E-state index contributed by atoms with van der Waals surface area (Å²) in [6.07, 6.45) is 0.362. The van der Waals surface area contributed by atoms with Gasteiger partial charge in [0.05, 0.1) is 5.92 Å². The van der Waals surface area contributed by atoms with Gasteiger partial charge in [0.25, 0.3) is 0 Å². The van der Waals surface area contributed by atoms with Gasteiger partial charge in [0.2, 0.25) is 5.91 Å². The zero-order valence-electron chi connectivity index (χ0n) is 10.1. The molecule has 0 aliphatic heterocycles. The third-order valence-corrected chi connectivity index (χ3v) is 2.55. The number of anilines is 1. The minimum Gasteiger partial charge on any atom is -0.481 e. The highest BCUT2D eigenvalue weighted by atomic mass is 16.4. The second kappa shape index (κ2) is 6.03. The topological polar surface area (TPSA) is 57.6 Å². The Balaban J connectivity index is 2.89. The number of hydrogen-bond donors (Lipinski definition) is 1. The molecule has 0 aliphatic carbocycles. The fraction of sp³-hybridized carbons (Fsp3) is 0.385. The van der Waals surface area contributed by atoms with Crippen LogP contribution in [0.15, 0.2) is 30.3 Å². The molecule has 0 saturated carbocycles. The van der Waals surface area contributed by atoms with E-state index in [-0.39, 0.29) is 12.5 Å². The molecule has 1 amide bonds. The third-order valence-electron chi connectivity index (χ3n) is 2.55. The van der Waals surface area contributed by atoms with E-state index >= 15 is 0 Å². The molecule has 4 heteroatoms. The van der Waals surface area contributed by atoms with Crippen molar-refractivity contribution >= 4 is 17.6 Å². The second-order valence-electron chi connectivity index (χ2n) is 3.93. The maximum absolute atomic E-state index is 11.8. The van der Waals surface area contributed by atoms with Crippen LogP contribution in [-0.2, 0) is 9.59 Å². The van der Waals surface area contributed by atoms with Crippen molar-refractivity contribution in [3.63, 3.8) is 0 Å². The molecule has 0 fully saturated rings. The van der Waals surface area contributed by atoms with Crippen molar-refractivity contribution in [3.8, 4) is 0 Å².